The summed E-state index contributed by atoms with van der Waals surface area (Å²) >= 11 is 5.92. The zero-order valence-electron chi connectivity index (χ0n) is 8.55. The van der Waals surface area contributed by atoms with Crippen LogP contribution >= 0.6 is 11.6 Å². The first kappa shape index (κ1) is 10.7. The molecule has 82 valence electrons. The van der Waals surface area contributed by atoms with Crippen molar-refractivity contribution in [1.82, 2.24) is 9.78 Å². The number of aldehydes is 1. The van der Waals surface area contributed by atoms with E-state index in [-0.39, 0.29) is 0 Å². The highest BCUT2D eigenvalue weighted by molar-refractivity contribution is 6.33. The van der Waals surface area contributed by atoms with Gasteiger partial charge in [-0.2, -0.15) is 5.10 Å². The summed E-state index contributed by atoms with van der Waals surface area (Å²) in [4.78, 5) is 10.9. The van der Waals surface area contributed by atoms with Gasteiger partial charge >= 0.3 is 0 Å². The number of halogens is 1. The minimum Gasteiger partial charge on any atom is -0.493 e. The van der Waals surface area contributed by atoms with Crippen LogP contribution in [0.3, 0.4) is 0 Å². The number of carbonyl (C=O) groups excluding carboxylic acids is 1. The smallest absolute Gasteiger partial charge is 0.157 e. The molecule has 1 aromatic heterocycles. The maximum atomic E-state index is 10.9. The number of methoxy groups -OCH3 is 1. The summed E-state index contributed by atoms with van der Waals surface area (Å²) in [6, 6.07) is 5.19. The highest BCUT2D eigenvalue weighted by Gasteiger charge is 2.09. The van der Waals surface area contributed by atoms with Crippen LogP contribution in [0.15, 0.2) is 30.6 Å². The van der Waals surface area contributed by atoms with E-state index in [1.54, 1.807) is 42.4 Å². The zero-order chi connectivity index (χ0) is 11.5. The summed E-state index contributed by atoms with van der Waals surface area (Å²) in [5, 5.41) is 4.49. The molecule has 16 heavy (non-hydrogen) atoms. The molecule has 0 radical (unpaired) electrons. The number of rotatable bonds is 3. The Kier molecular flexibility index (Phi) is 2.92. The van der Waals surface area contributed by atoms with E-state index in [1.807, 2.05) is 0 Å². The van der Waals surface area contributed by atoms with Gasteiger partial charge in [-0.1, -0.05) is 17.7 Å². The zero-order valence-corrected chi connectivity index (χ0v) is 9.31. The number of hydrogen-bond acceptors (Lipinski definition) is 3. The first-order chi connectivity index (χ1) is 7.76. The molecule has 0 atom stereocenters. The molecule has 0 saturated heterocycles. The van der Waals surface area contributed by atoms with Crippen LogP contribution in [0.4, 0.5) is 0 Å². The van der Waals surface area contributed by atoms with E-state index in [4.69, 9.17) is 16.3 Å². The van der Waals surface area contributed by atoms with Gasteiger partial charge in [0.1, 0.15) is 0 Å². The first-order valence-electron chi connectivity index (χ1n) is 4.59. The number of carbonyl (C=O) groups is 1. The molecule has 0 fully saturated rings. The Balaban J connectivity index is 2.54. The van der Waals surface area contributed by atoms with Crippen molar-refractivity contribution < 1.29 is 9.53 Å². The third-order valence-electron chi connectivity index (χ3n) is 2.19. The normalized spacial score (nSPS) is 10.1. The second kappa shape index (κ2) is 4.37. The Bertz CT molecular complexity index is 522. The fourth-order valence-electron chi connectivity index (χ4n) is 1.39. The summed E-state index contributed by atoms with van der Waals surface area (Å²) < 4.78 is 6.57. The van der Waals surface area contributed by atoms with E-state index in [1.165, 1.54) is 0 Å². The maximum absolute atomic E-state index is 10.9. The lowest BCUT2D eigenvalue weighted by Crippen LogP contribution is -1.99. The van der Waals surface area contributed by atoms with Crippen molar-refractivity contribution in [2.24, 2.45) is 0 Å². The topological polar surface area (TPSA) is 44.1 Å². The largest absolute Gasteiger partial charge is 0.493 e. The first-order valence-corrected chi connectivity index (χ1v) is 4.97. The second-order valence-electron chi connectivity index (χ2n) is 3.12. The number of aromatic nitrogens is 2. The molecular weight excluding hydrogens is 228 g/mol. The molecule has 5 heteroatoms. The van der Waals surface area contributed by atoms with Crippen LogP contribution in [0.25, 0.3) is 5.69 Å². The predicted octanol–water partition coefficient (Wildman–Crippen LogP) is 2.35. The molecule has 1 heterocycles. The number of hydrogen-bond donors (Lipinski definition) is 0. The van der Waals surface area contributed by atoms with E-state index in [9.17, 15) is 4.79 Å². The van der Waals surface area contributed by atoms with Gasteiger partial charge < -0.3 is 4.74 Å². The Morgan fingerprint density at radius 2 is 2.31 bits per heavy atom. The fraction of sp³-hybridized carbons (Fsp3) is 0.0909. The average molecular weight is 237 g/mol. The van der Waals surface area contributed by atoms with Gasteiger partial charge in [0.25, 0.3) is 0 Å². The predicted molar refractivity (Wildman–Crippen MR) is 60.5 cm³/mol. The quantitative estimate of drug-likeness (QED) is 0.769. The van der Waals surface area contributed by atoms with Crippen LogP contribution in [0.1, 0.15) is 10.4 Å². The van der Waals surface area contributed by atoms with E-state index in [0.717, 1.165) is 0 Å². The van der Waals surface area contributed by atoms with Crippen LogP contribution in [-0.4, -0.2) is 23.2 Å². The van der Waals surface area contributed by atoms with Gasteiger partial charge in [0, 0.05) is 0 Å². The van der Waals surface area contributed by atoms with Crippen LogP contribution in [0, 0.1) is 0 Å². The summed E-state index contributed by atoms with van der Waals surface area (Å²) in [6.45, 7) is 0. The molecule has 0 aliphatic rings. The molecule has 4 nitrogen and oxygen atoms in total. The van der Waals surface area contributed by atoms with Crippen LogP contribution in [0.5, 0.6) is 5.75 Å². The number of ether oxygens (including phenoxy) is 1. The summed E-state index contributed by atoms with van der Waals surface area (Å²) in [6.07, 6.45) is 3.96. The van der Waals surface area contributed by atoms with Crippen molar-refractivity contribution >= 4 is 17.9 Å². The van der Waals surface area contributed by atoms with E-state index in [0.29, 0.717) is 28.3 Å². The van der Waals surface area contributed by atoms with Crippen LogP contribution in [0.2, 0.25) is 5.02 Å². The Morgan fingerprint density at radius 3 is 2.94 bits per heavy atom. The minimum absolute atomic E-state index is 0.405. The Hall–Kier alpha value is -1.81. The lowest BCUT2D eigenvalue weighted by atomic mass is 10.2. The maximum Gasteiger partial charge on any atom is 0.157 e. The van der Waals surface area contributed by atoms with Crippen molar-refractivity contribution in [1.29, 1.82) is 0 Å². The molecule has 0 N–H and O–H groups in total. The second-order valence-corrected chi connectivity index (χ2v) is 3.52. The van der Waals surface area contributed by atoms with Gasteiger partial charge in [-0.3, -0.25) is 4.79 Å². The van der Waals surface area contributed by atoms with Gasteiger partial charge in [0.2, 0.25) is 0 Å². The SMILES string of the molecule is COc1cnn(-c2cccc(Cl)c2C=O)c1. The van der Waals surface area contributed by atoms with E-state index >= 15 is 0 Å². The van der Waals surface area contributed by atoms with Crippen molar-refractivity contribution in [2.75, 3.05) is 7.11 Å². The van der Waals surface area contributed by atoms with Gasteiger partial charge in [0.15, 0.2) is 12.0 Å². The molecule has 1 aromatic carbocycles. The van der Waals surface area contributed by atoms with Crippen LogP contribution in [-0.2, 0) is 0 Å². The van der Waals surface area contributed by atoms with E-state index in [2.05, 4.69) is 5.10 Å². The molecule has 0 amide bonds. The molecule has 0 aliphatic carbocycles. The van der Waals surface area contributed by atoms with Crippen molar-refractivity contribution in [3.8, 4) is 11.4 Å². The molecule has 2 aromatic rings. The highest BCUT2D eigenvalue weighted by Crippen LogP contribution is 2.22. The highest BCUT2D eigenvalue weighted by atomic mass is 35.5. The molecule has 0 bridgehead atoms. The molecular formula is C11H9ClN2O2. The fourth-order valence-corrected chi connectivity index (χ4v) is 1.60. The number of nitrogens with zero attached hydrogens (tertiary/aromatic N) is 2. The Morgan fingerprint density at radius 1 is 1.50 bits per heavy atom. The minimum atomic E-state index is 0.405. The molecule has 0 aliphatic heterocycles. The van der Waals surface area contributed by atoms with Crippen molar-refractivity contribution in [3.63, 3.8) is 0 Å². The van der Waals surface area contributed by atoms with Gasteiger partial charge in [-0.05, 0) is 12.1 Å². The number of benzene rings is 1. The monoisotopic (exact) mass is 236 g/mol. The van der Waals surface area contributed by atoms with Crippen molar-refractivity contribution in [3.05, 3.63) is 41.2 Å². The van der Waals surface area contributed by atoms with Crippen LogP contribution < -0.4 is 4.74 Å². The third kappa shape index (κ3) is 1.79. The Labute approximate surface area is 97.4 Å². The molecule has 0 spiro atoms. The third-order valence-corrected chi connectivity index (χ3v) is 2.52. The molecule has 0 unspecified atom stereocenters. The standard InChI is InChI=1S/C11H9ClN2O2/c1-16-8-5-13-14(6-8)11-4-2-3-10(12)9(11)7-15/h2-7H,1H3. The van der Waals surface area contributed by atoms with Crippen molar-refractivity contribution in [2.45, 2.75) is 0 Å². The van der Waals surface area contributed by atoms with Gasteiger partial charge in [0.05, 0.1) is 35.8 Å². The van der Waals surface area contributed by atoms with Gasteiger partial charge in [-0.25, -0.2) is 4.68 Å². The van der Waals surface area contributed by atoms with Gasteiger partial charge in [-0.15, -0.1) is 0 Å². The van der Waals surface area contributed by atoms with E-state index < -0.39 is 0 Å². The average Bonchev–Trinajstić information content (AvgIpc) is 2.77. The lowest BCUT2D eigenvalue weighted by molar-refractivity contribution is 0.112. The summed E-state index contributed by atoms with van der Waals surface area (Å²) in [7, 11) is 1.56. The summed E-state index contributed by atoms with van der Waals surface area (Å²) in [5.74, 6) is 0.622. The molecule has 2 rings (SSSR count). The molecule has 0 saturated carbocycles. The summed E-state index contributed by atoms with van der Waals surface area (Å²) in [5.41, 5.74) is 1.04. The lowest BCUT2D eigenvalue weighted by Gasteiger charge is -2.05.